The van der Waals surface area contributed by atoms with Gasteiger partial charge in [-0.2, -0.15) is 0 Å². The van der Waals surface area contributed by atoms with Gasteiger partial charge in [0.05, 0.1) is 0 Å². The first kappa shape index (κ1) is 22.2. The van der Waals surface area contributed by atoms with Gasteiger partial charge in [0, 0.05) is 9.79 Å². The number of rotatable bonds is 9. The van der Waals surface area contributed by atoms with E-state index >= 15 is 0 Å². The Morgan fingerprint density at radius 1 is 0.531 bits per heavy atom. The predicted molar refractivity (Wildman–Crippen MR) is 126 cm³/mol. The zero-order valence-electron chi connectivity index (χ0n) is 17.0. The van der Waals surface area contributed by atoms with Crippen molar-refractivity contribution in [1.82, 2.24) is 0 Å². The van der Waals surface area contributed by atoms with Crippen LogP contribution in [0.4, 0.5) is 8.78 Å². The van der Waals surface area contributed by atoms with E-state index in [1.54, 1.807) is 45.9 Å². The molecule has 0 aliphatic heterocycles. The van der Waals surface area contributed by atoms with Crippen LogP contribution in [0.25, 0.3) is 0 Å². The van der Waals surface area contributed by atoms with E-state index < -0.39 is 0 Å². The van der Waals surface area contributed by atoms with Gasteiger partial charge in [0.15, 0.2) is 0 Å². The lowest BCUT2D eigenvalue weighted by atomic mass is 10.2. The Kier molecular flexibility index (Phi) is 7.69. The average Bonchev–Trinajstić information content (AvgIpc) is 2.83. The molecule has 0 unspecified atom stereocenters. The van der Waals surface area contributed by atoms with Crippen LogP contribution in [0, 0.1) is 11.6 Å². The molecule has 0 saturated carbocycles. The van der Waals surface area contributed by atoms with Gasteiger partial charge in [0.2, 0.25) is 0 Å². The molecule has 32 heavy (non-hydrogen) atoms. The molecule has 0 aliphatic carbocycles. The third-order valence-electron chi connectivity index (χ3n) is 4.48. The van der Waals surface area contributed by atoms with Gasteiger partial charge >= 0.3 is 0 Å². The molecule has 0 spiro atoms. The van der Waals surface area contributed by atoms with Crippen molar-refractivity contribution in [3.05, 3.63) is 120 Å². The summed E-state index contributed by atoms with van der Waals surface area (Å²) < 4.78 is 37.7. The number of halogens is 2. The second-order valence-corrected chi connectivity index (χ2v) is 9.22. The highest BCUT2D eigenvalue weighted by molar-refractivity contribution is 8.76. The summed E-state index contributed by atoms with van der Waals surface area (Å²) in [7, 11) is 3.25. The molecule has 4 rings (SSSR count). The summed E-state index contributed by atoms with van der Waals surface area (Å²) in [6, 6.07) is 28.3. The molecule has 0 aliphatic rings. The van der Waals surface area contributed by atoms with Gasteiger partial charge in [-0.05, 0) is 71.8 Å². The van der Waals surface area contributed by atoms with Crippen LogP contribution in [-0.2, 0) is 13.2 Å². The molecule has 0 radical (unpaired) electrons. The fourth-order valence-corrected chi connectivity index (χ4v) is 4.81. The maximum Gasteiger partial charge on any atom is 0.123 e. The number of ether oxygens (including phenoxy) is 2. The molecule has 0 saturated heterocycles. The fraction of sp³-hybridized carbons (Fsp3) is 0.0769. The third-order valence-corrected chi connectivity index (χ3v) is 6.86. The summed E-state index contributed by atoms with van der Waals surface area (Å²) in [5.74, 6) is 1.01. The van der Waals surface area contributed by atoms with Crippen LogP contribution in [0.3, 0.4) is 0 Å². The van der Waals surface area contributed by atoms with Gasteiger partial charge in [0.25, 0.3) is 0 Å². The minimum atomic E-state index is -0.255. The molecule has 2 nitrogen and oxygen atoms in total. The molecule has 0 atom stereocenters. The van der Waals surface area contributed by atoms with Crippen LogP contribution >= 0.6 is 21.6 Å². The molecule has 0 N–H and O–H groups in total. The van der Waals surface area contributed by atoms with E-state index in [2.05, 4.69) is 0 Å². The van der Waals surface area contributed by atoms with Gasteiger partial charge in [-0.3, -0.25) is 0 Å². The average molecular weight is 467 g/mol. The Balaban J connectivity index is 1.30. The molecule has 0 amide bonds. The zero-order chi connectivity index (χ0) is 22.2. The highest BCUT2D eigenvalue weighted by Gasteiger charge is 2.04. The molecule has 0 fully saturated rings. The SMILES string of the molecule is Fc1ccc(COc2cccc(SSc3cccc(OCc4ccc(F)cc4)c3)c2)cc1. The molecular formula is C26H20F2O2S2. The van der Waals surface area contributed by atoms with Crippen molar-refractivity contribution in [2.45, 2.75) is 23.0 Å². The van der Waals surface area contributed by atoms with Crippen molar-refractivity contribution < 1.29 is 18.3 Å². The lowest BCUT2D eigenvalue weighted by Crippen LogP contribution is -1.95. The van der Waals surface area contributed by atoms with Crippen molar-refractivity contribution >= 4 is 21.6 Å². The van der Waals surface area contributed by atoms with E-state index in [9.17, 15) is 8.78 Å². The Labute approximate surface area is 194 Å². The zero-order valence-corrected chi connectivity index (χ0v) is 18.7. The summed E-state index contributed by atoms with van der Waals surface area (Å²) >= 11 is 0. The van der Waals surface area contributed by atoms with Crippen molar-refractivity contribution in [3.63, 3.8) is 0 Å². The normalized spacial score (nSPS) is 10.7. The number of benzene rings is 4. The van der Waals surface area contributed by atoms with E-state index in [0.29, 0.717) is 13.2 Å². The Morgan fingerprint density at radius 2 is 0.938 bits per heavy atom. The highest BCUT2D eigenvalue weighted by Crippen LogP contribution is 2.39. The standard InChI is InChI=1S/C26H20F2O2S2/c27-21-11-7-19(8-12-21)17-29-23-3-1-5-25(15-23)31-32-26-6-2-4-24(16-26)30-18-20-9-13-22(28)14-10-20/h1-16H,17-18H2. The van der Waals surface area contributed by atoms with Crippen LogP contribution in [-0.4, -0.2) is 0 Å². The Bertz CT molecular complexity index is 1060. The number of hydrogen-bond acceptors (Lipinski definition) is 4. The second-order valence-electron chi connectivity index (χ2n) is 6.95. The van der Waals surface area contributed by atoms with Crippen LogP contribution in [0.5, 0.6) is 11.5 Å². The summed E-state index contributed by atoms with van der Waals surface area (Å²) in [4.78, 5) is 2.12. The smallest absolute Gasteiger partial charge is 0.123 e. The van der Waals surface area contributed by atoms with Gasteiger partial charge in [-0.1, -0.05) is 58.0 Å². The molecule has 4 aromatic carbocycles. The topological polar surface area (TPSA) is 18.5 Å². The largest absolute Gasteiger partial charge is 0.489 e. The fourth-order valence-electron chi connectivity index (χ4n) is 2.82. The van der Waals surface area contributed by atoms with E-state index in [1.165, 1.54) is 24.3 Å². The van der Waals surface area contributed by atoms with Crippen LogP contribution < -0.4 is 9.47 Å². The lowest BCUT2D eigenvalue weighted by Gasteiger charge is -2.09. The van der Waals surface area contributed by atoms with E-state index in [4.69, 9.17) is 9.47 Å². The van der Waals surface area contributed by atoms with Gasteiger partial charge in [-0.25, -0.2) is 8.78 Å². The molecule has 0 heterocycles. The maximum absolute atomic E-state index is 13.0. The third kappa shape index (κ3) is 6.77. The molecule has 0 aromatic heterocycles. The van der Waals surface area contributed by atoms with Crippen molar-refractivity contribution in [2.24, 2.45) is 0 Å². The lowest BCUT2D eigenvalue weighted by molar-refractivity contribution is 0.305. The van der Waals surface area contributed by atoms with Crippen molar-refractivity contribution in [3.8, 4) is 11.5 Å². The van der Waals surface area contributed by atoms with E-state index in [1.807, 2.05) is 48.5 Å². The minimum absolute atomic E-state index is 0.255. The quantitative estimate of drug-likeness (QED) is 0.233. The molecule has 6 heteroatoms. The summed E-state index contributed by atoms with van der Waals surface area (Å²) in [5, 5.41) is 0. The van der Waals surface area contributed by atoms with E-state index in [-0.39, 0.29) is 11.6 Å². The van der Waals surface area contributed by atoms with Crippen LogP contribution in [0.1, 0.15) is 11.1 Å². The first-order valence-corrected chi connectivity index (χ1v) is 12.1. The molecule has 0 bridgehead atoms. The second kappa shape index (κ2) is 11.1. The van der Waals surface area contributed by atoms with Crippen LogP contribution in [0.2, 0.25) is 0 Å². The molecule has 4 aromatic rings. The van der Waals surface area contributed by atoms with Gasteiger partial charge in [-0.15, -0.1) is 0 Å². The molecular weight excluding hydrogens is 446 g/mol. The summed E-state index contributed by atoms with van der Waals surface area (Å²) in [6.45, 7) is 0.768. The monoisotopic (exact) mass is 466 g/mol. The van der Waals surface area contributed by atoms with Gasteiger partial charge < -0.3 is 9.47 Å². The van der Waals surface area contributed by atoms with Crippen molar-refractivity contribution in [1.29, 1.82) is 0 Å². The van der Waals surface area contributed by atoms with Crippen molar-refractivity contribution in [2.75, 3.05) is 0 Å². The Morgan fingerprint density at radius 3 is 1.34 bits per heavy atom. The maximum atomic E-state index is 13.0. The summed E-state index contributed by atoms with van der Waals surface area (Å²) in [6.07, 6.45) is 0. The van der Waals surface area contributed by atoms with Gasteiger partial charge in [0.1, 0.15) is 36.3 Å². The minimum Gasteiger partial charge on any atom is -0.489 e. The van der Waals surface area contributed by atoms with Crippen LogP contribution in [0.15, 0.2) is 107 Å². The Hall–Kier alpha value is -2.96. The highest BCUT2D eigenvalue weighted by atomic mass is 33.1. The predicted octanol–water partition coefficient (Wildman–Crippen LogP) is 7.92. The summed E-state index contributed by atoms with van der Waals surface area (Å²) in [5.41, 5.74) is 1.83. The number of hydrogen-bond donors (Lipinski definition) is 0. The van der Waals surface area contributed by atoms with E-state index in [0.717, 1.165) is 32.4 Å². The molecule has 162 valence electrons. The first-order valence-electron chi connectivity index (χ1n) is 9.93. The first-order chi connectivity index (χ1) is 15.6.